The summed E-state index contributed by atoms with van der Waals surface area (Å²) in [4.78, 5) is 33.1. The number of non-ortho nitro benzene ring substituents is 1. The minimum atomic E-state index is -4.69. The number of benzene rings is 2. The number of hydrogen-bond donors (Lipinski definition) is 2. The summed E-state index contributed by atoms with van der Waals surface area (Å²) in [5, 5.41) is 28.4. The molecule has 0 spiro atoms. The molecule has 2 N–H and O–H groups in total. The van der Waals surface area contributed by atoms with Crippen LogP contribution in [0.5, 0.6) is 0 Å². The maximum atomic E-state index is 13.7. The molecule has 15 nitrogen and oxygen atoms in total. The lowest BCUT2D eigenvalue weighted by Crippen LogP contribution is -2.57. The Hall–Kier alpha value is -3.51. The van der Waals surface area contributed by atoms with Gasteiger partial charge in [-0.25, -0.2) is 8.42 Å². The largest absolute Gasteiger partial charge is 0.352 e. The Balaban J connectivity index is 1.63. The number of nitro benzene ring substituents is 2. The van der Waals surface area contributed by atoms with Crippen molar-refractivity contribution in [2.45, 2.75) is 53.7 Å². The molecule has 0 aromatic heterocycles. The molecular weight excluding hydrogens is 570 g/mol. The van der Waals surface area contributed by atoms with Crippen molar-refractivity contribution in [3.8, 4) is 0 Å². The Morgan fingerprint density at radius 3 is 2.20 bits per heavy atom. The second-order valence-corrected chi connectivity index (χ2v) is 12.8. The highest BCUT2D eigenvalue weighted by atomic mass is 32.2. The molecule has 4 rings (SSSR count). The molecule has 2 aliphatic heterocycles. The molecular formula is C23H27N5O10S2. The number of carbonyl (C=O) groups excluding carboxylic acids is 1. The fraction of sp³-hybridized carbons (Fsp3) is 0.435. The molecule has 2 heterocycles. The van der Waals surface area contributed by atoms with E-state index in [0.717, 1.165) is 40.7 Å². The van der Waals surface area contributed by atoms with Crippen molar-refractivity contribution >= 4 is 37.4 Å². The molecule has 0 unspecified atom stereocenters. The van der Waals surface area contributed by atoms with Gasteiger partial charge >= 0.3 is 10.1 Å². The highest BCUT2D eigenvalue weighted by Gasteiger charge is 2.43. The number of hydrogen-bond acceptors (Lipinski definition) is 11. The van der Waals surface area contributed by atoms with E-state index < -0.39 is 65.2 Å². The molecule has 216 valence electrons. The zero-order chi connectivity index (χ0) is 29.1. The normalized spacial score (nSPS) is 21.0. The van der Waals surface area contributed by atoms with Crippen LogP contribution in [0.3, 0.4) is 0 Å². The van der Waals surface area contributed by atoms with Gasteiger partial charge in [-0.1, -0.05) is 12.1 Å². The highest BCUT2D eigenvalue weighted by Crippen LogP contribution is 2.32. The van der Waals surface area contributed by atoms with Gasteiger partial charge in [0.15, 0.2) is 4.90 Å². The minimum absolute atomic E-state index is 0.0313. The summed E-state index contributed by atoms with van der Waals surface area (Å²) >= 11 is 0. The third-order valence-corrected chi connectivity index (χ3v) is 10.0. The van der Waals surface area contributed by atoms with Crippen molar-refractivity contribution in [1.82, 2.24) is 14.9 Å². The second-order valence-electron chi connectivity index (χ2n) is 9.35. The number of nitrogens with one attached hydrogen (secondary N) is 2. The van der Waals surface area contributed by atoms with Crippen molar-refractivity contribution in [2.75, 3.05) is 19.6 Å². The first kappa shape index (κ1) is 29.5. The first-order valence-corrected chi connectivity index (χ1v) is 15.2. The van der Waals surface area contributed by atoms with E-state index in [-0.39, 0.29) is 29.5 Å². The number of sulfonamides is 1. The number of carbonyl (C=O) groups is 1. The highest BCUT2D eigenvalue weighted by molar-refractivity contribution is 7.89. The Labute approximate surface area is 230 Å². The summed E-state index contributed by atoms with van der Waals surface area (Å²) < 4.78 is 59.4. The van der Waals surface area contributed by atoms with Crippen LogP contribution in [-0.4, -0.2) is 74.7 Å². The van der Waals surface area contributed by atoms with Gasteiger partial charge in [0.05, 0.1) is 20.8 Å². The van der Waals surface area contributed by atoms with Gasteiger partial charge in [0.1, 0.15) is 6.04 Å². The van der Waals surface area contributed by atoms with Gasteiger partial charge in [0.25, 0.3) is 11.4 Å². The summed E-state index contributed by atoms with van der Waals surface area (Å²) in [7, 11) is -9.15. The van der Waals surface area contributed by atoms with Crippen molar-refractivity contribution < 1.29 is 35.7 Å². The Morgan fingerprint density at radius 2 is 1.57 bits per heavy atom. The van der Waals surface area contributed by atoms with Gasteiger partial charge in [-0.3, -0.25) is 29.2 Å². The van der Waals surface area contributed by atoms with Crippen LogP contribution in [0, 0.1) is 20.2 Å². The average molecular weight is 598 g/mol. The lowest BCUT2D eigenvalue weighted by atomic mass is 10.0. The maximum absolute atomic E-state index is 13.7. The lowest BCUT2D eigenvalue weighted by molar-refractivity contribution is -0.387. The molecule has 2 saturated heterocycles. The van der Waals surface area contributed by atoms with Gasteiger partial charge in [0, 0.05) is 30.8 Å². The molecule has 40 heavy (non-hydrogen) atoms. The summed E-state index contributed by atoms with van der Waals surface area (Å²) in [6.07, 6.45) is -0.0993. The molecule has 0 aliphatic carbocycles. The molecule has 0 radical (unpaired) electrons. The smallest absolute Gasteiger partial charge is 0.304 e. The minimum Gasteiger partial charge on any atom is -0.352 e. The Bertz CT molecular complexity index is 1490. The number of nitro groups is 2. The maximum Gasteiger partial charge on any atom is 0.304 e. The molecule has 2 aromatic rings. The van der Waals surface area contributed by atoms with E-state index in [1.807, 2.05) is 0 Å². The topological polar surface area (TPSA) is 208 Å². The van der Waals surface area contributed by atoms with E-state index in [1.54, 1.807) is 0 Å². The van der Waals surface area contributed by atoms with E-state index in [1.165, 1.54) is 12.1 Å². The Kier molecular flexibility index (Phi) is 8.79. The predicted octanol–water partition coefficient (Wildman–Crippen LogP) is 1.30. The zero-order valence-corrected chi connectivity index (χ0v) is 22.7. The van der Waals surface area contributed by atoms with Crippen LogP contribution in [0.15, 0.2) is 58.3 Å². The van der Waals surface area contributed by atoms with E-state index in [9.17, 15) is 41.9 Å². The standard InChI is InChI=1S/C23H27N5O10S2/c29-23(25-16-11-13-24-14-12-16)21-10-7-18(38-40(36,37)22-4-2-1-3-20(22)28(32)33)15-26(21)39(34,35)19-8-5-17(6-9-19)27(30)31/h1-6,8-9,16,18,21,24H,7,10-15H2,(H,25,29)/t18-,21-/m0/s1. The number of nitrogens with zero attached hydrogens (tertiary/aromatic N) is 3. The van der Waals surface area contributed by atoms with Gasteiger partial charge in [-0.2, -0.15) is 12.7 Å². The summed E-state index contributed by atoms with van der Waals surface area (Å²) in [6, 6.07) is 7.29. The van der Waals surface area contributed by atoms with Crippen molar-refractivity contribution in [3.05, 3.63) is 68.8 Å². The van der Waals surface area contributed by atoms with Crippen LogP contribution in [0.1, 0.15) is 25.7 Å². The molecule has 0 bridgehead atoms. The Morgan fingerprint density at radius 1 is 0.925 bits per heavy atom. The van der Waals surface area contributed by atoms with Crippen LogP contribution in [-0.2, 0) is 29.1 Å². The predicted molar refractivity (Wildman–Crippen MR) is 139 cm³/mol. The molecule has 2 aliphatic rings. The van der Waals surface area contributed by atoms with Crippen LogP contribution in [0.4, 0.5) is 11.4 Å². The first-order chi connectivity index (χ1) is 18.9. The summed E-state index contributed by atoms with van der Waals surface area (Å²) in [5.74, 6) is -0.558. The number of amides is 1. The van der Waals surface area contributed by atoms with Crippen molar-refractivity contribution in [3.63, 3.8) is 0 Å². The van der Waals surface area contributed by atoms with Gasteiger partial charge in [0.2, 0.25) is 15.9 Å². The fourth-order valence-electron chi connectivity index (χ4n) is 4.70. The number of rotatable bonds is 9. The quantitative estimate of drug-likeness (QED) is 0.239. The van der Waals surface area contributed by atoms with E-state index >= 15 is 0 Å². The zero-order valence-electron chi connectivity index (χ0n) is 21.0. The molecule has 2 fully saturated rings. The van der Waals surface area contributed by atoms with E-state index in [4.69, 9.17) is 4.18 Å². The lowest BCUT2D eigenvalue weighted by Gasteiger charge is -2.38. The third-order valence-electron chi connectivity index (χ3n) is 6.73. The second kappa shape index (κ2) is 11.9. The SMILES string of the molecule is O=C(NC1CCNCC1)[C@@H]1CC[C@H](OS(=O)(=O)c2ccccc2[N+](=O)[O-])CN1S(=O)(=O)c1ccc([N+](=O)[O-])cc1. The first-order valence-electron chi connectivity index (χ1n) is 12.3. The fourth-order valence-corrected chi connectivity index (χ4v) is 7.61. The third kappa shape index (κ3) is 6.44. The van der Waals surface area contributed by atoms with Gasteiger partial charge < -0.3 is 10.6 Å². The van der Waals surface area contributed by atoms with Crippen LogP contribution in [0.2, 0.25) is 0 Å². The van der Waals surface area contributed by atoms with E-state index in [2.05, 4.69) is 10.6 Å². The molecule has 0 saturated carbocycles. The van der Waals surface area contributed by atoms with Gasteiger partial charge in [-0.15, -0.1) is 0 Å². The molecule has 1 amide bonds. The van der Waals surface area contributed by atoms with E-state index in [0.29, 0.717) is 25.9 Å². The molecule has 17 heteroatoms. The summed E-state index contributed by atoms with van der Waals surface area (Å²) in [6.45, 7) is 0.809. The monoisotopic (exact) mass is 597 g/mol. The number of piperidine rings is 2. The van der Waals surface area contributed by atoms with Crippen LogP contribution in [0.25, 0.3) is 0 Å². The average Bonchev–Trinajstić information content (AvgIpc) is 2.93. The van der Waals surface area contributed by atoms with Crippen LogP contribution < -0.4 is 10.6 Å². The summed E-state index contributed by atoms with van der Waals surface area (Å²) in [5.41, 5.74) is -1.04. The number of para-hydroxylation sites is 1. The van der Waals surface area contributed by atoms with Crippen LogP contribution >= 0.6 is 0 Å². The molecule has 2 aromatic carbocycles. The van der Waals surface area contributed by atoms with Gasteiger partial charge in [-0.05, 0) is 57.0 Å². The molecule has 2 atom stereocenters. The van der Waals surface area contributed by atoms with Crippen molar-refractivity contribution in [1.29, 1.82) is 0 Å². The van der Waals surface area contributed by atoms with Crippen molar-refractivity contribution in [2.24, 2.45) is 0 Å².